The first-order valence-electron chi connectivity index (χ1n) is 9.90. The number of rotatable bonds is 7. The van der Waals surface area contributed by atoms with Crippen LogP contribution in [0, 0.1) is 11.3 Å². The number of nitriles is 1. The number of hydrogen-bond donors (Lipinski definition) is 1. The van der Waals surface area contributed by atoms with Gasteiger partial charge in [0.15, 0.2) is 11.5 Å². The first-order chi connectivity index (χ1) is 15.4. The van der Waals surface area contributed by atoms with Gasteiger partial charge >= 0.3 is 5.97 Å². The summed E-state index contributed by atoms with van der Waals surface area (Å²) in [6, 6.07) is 15.1. The van der Waals surface area contributed by atoms with Crippen molar-refractivity contribution in [3.05, 3.63) is 80.9 Å². The molecule has 2 N–H and O–H groups in total. The van der Waals surface area contributed by atoms with E-state index in [0.717, 1.165) is 10.0 Å². The second-order valence-corrected chi connectivity index (χ2v) is 7.76. The van der Waals surface area contributed by atoms with Crippen LogP contribution in [0.5, 0.6) is 11.5 Å². The van der Waals surface area contributed by atoms with Gasteiger partial charge < -0.3 is 24.7 Å². The number of methoxy groups -OCH3 is 1. The Balaban J connectivity index is 1.99. The Morgan fingerprint density at radius 3 is 2.66 bits per heavy atom. The highest BCUT2D eigenvalue weighted by atomic mass is 79.9. The maximum Gasteiger partial charge on any atom is 0.338 e. The van der Waals surface area contributed by atoms with Gasteiger partial charge in [-0.3, -0.25) is 0 Å². The monoisotopic (exact) mass is 498 g/mol. The Bertz CT molecular complexity index is 1130. The Morgan fingerprint density at radius 2 is 2.00 bits per heavy atom. The van der Waals surface area contributed by atoms with E-state index in [0.29, 0.717) is 23.7 Å². The van der Waals surface area contributed by atoms with Crippen molar-refractivity contribution in [3.63, 3.8) is 0 Å². The average molecular weight is 499 g/mol. The average Bonchev–Trinajstić information content (AvgIpc) is 2.78. The van der Waals surface area contributed by atoms with Crippen molar-refractivity contribution in [1.29, 1.82) is 5.26 Å². The summed E-state index contributed by atoms with van der Waals surface area (Å²) >= 11 is 3.51. The molecule has 1 heterocycles. The number of hydrogen-bond acceptors (Lipinski definition) is 7. The van der Waals surface area contributed by atoms with Gasteiger partial charge in [0.2, 0.25) is 5.88 Å². The Morgan fingerprint density at radius 1 is 1.25 bits per heavy atom. The molecule has 0 radical (unpaired) electrons. The van der Waals surface area contributed by atoms with Crippen molar-refractivity contribution in [2.24, 2.45) is 5.73 Å². The molecule has 1 aliphatic rings. The lowest BCUT2D eigenvalue weighted by Crippen LogP contribution is -2.25. The van der Waals surface area contributed by atoms with E-state index in [9.17, 15) is 10.1 Å². The maximum absolute atomic E-state index is 12.7. The second kappa shape index (κ2) is 10.2. The molecule has 1 aliphatic heterocycles. The van der Waals surface area contributed by atoms with Crippen molar-refractivity contribution in [1.82, 2.24) is 0 Å². The fourth-order valence-electron chi connectivity index (χ4n) is 3.44. The molecule has 0 aromatic heterocycles. The molecule has 2 aromatic rings. The van der Waals surface area contributed by atoms with Crippen LogP contribution in [0.4, 0.5) is 0 Å². The van der Waals surface area contributed by atoms with Gasteiger partial charge in [0, 0.05) is 10.0 Å². The van der Waals surface area contributed by atoms with Gasteiger partial charge in [-0.25, -0.2) is 4.79 Å². The van der Waals surface area contributed by atoms with E-state index < -0.39 is 11.9 Å². The van der Waals surface area contributed by atoms with Crippen molar-refractivity contribution >= 4 is 21.9 Å². The van der Waals surface area contributed by atoms with Crippen LogP contribution in [-0.2, 0) is 20.9 Å². The summed E-state index contributed by atoms with van der Waals surface area (Å²) in [7, 11) is 1.52. The molecule has 2 aromatic carbocycles. The Labute approximate surface area is 195 Å². The molecule has 0 saturated carbocycles. The van der Waals surface area contributed by atoms with E-state index in [4.69, 9.17) is 24.7 Å². The summed E-state index contributed by atoms with van der Waals surface area (Å²) in [5.41, 5.74) is 7.92. The number of carbonyl (C=O) groups excluding carboxylic acids is 1. The van der Waals surface area contributed by atoms with Gasteiger partial charge in [-0.2, -0.15) is 5.26 Å². The zero-order chi connectivity index (χ0) is 23.3. The van der Waals surface area contributed by atoms with Gasteiger partial charge in [-0.15, -0.1) is 0 Å². The third kappa shape index (κ3) is 4.73. The lowest BCUT2D eigenvalue weighted by molar-refractivity contribution is -0.139. The molecule has 0 saturated heterocycles. The standard InChI is InChI=1S/C24H23BrN2O5/c1-4-30-24(28)21-14(2)32-23(27)17(12-26)22(21)15-9-10-19(20(11-15)29-3)31-13-16-7-5-6-8-18(16)25/h5-11,22H,4,13,27H2,1-3H3. The molecule has 0 amide bonds. The minimum Gasteiger partial charge on any atom is -0.493 e. The molecule has 0 bridgehead atoms. The van der Waals surface area contributed by atoms with Crippen molar-refractivity contribution in [2.45, 2.75) is 26.4 Å². The summed E-state index contributed by atoms with van der Waals surface area (Å²) in [6.07, 6.45) is 0. The predicted molar refractivity (Wildman–Crippen MR) is 121 cm³/mol. The highest BCUT2D eigenvalue weighted by molar-refractivity contribution is 9.10. The zero-order valence-corrected chi connectivity index (χ0v) is 19.6. The van der Waals surface area contributed by atoms with Gasteiger partial charge in [0.1, 0.15) is 24.0 Å². The number of esters is 1. The van der Waals surface area contributed by atoms with Crippen LogP contribution in [0.3, 0.4) is 0 Å². The molecule has 1 unspecified atom stereocenters. The summed E-state index contributed by atoms with van der Waals surface area (Å²) in [5.74, 6) is -0.0948. The highest BCUT2D eigenvalue weighted by Gasteiger charge is 2.36. The zero-order valence-electron chi connectivity index (χ0n) is 18.0. The summed E-state index contributed by atoms with van der Waals surface area (Å²) in [6.45, 7) is 3.85. The van der Waals surface area contributed by atoms with E-state index in [2.05, 4.69) is 22.0 Å². The van der Waals surface area contributed by atoms with Crippen LogP contribution in [0.1, 0.15) is 30.9 Å². The van der Waals surface area contributed by atoms with E-state index >= 15 is 0 Å². The number of nitrogens with two attached hydrogens (primary N) is 1. The molecule has 0 spiro atoms. The molecule has 166 valence electrons. The fourth-order valence-corrected chi connectivity index (χ4v) is 3.84. The van der Waals surface area contributed by atoms with Gasteiger partial charge in [0.25, 0.3) is 0 Å². The molecule has 3 rings (SSSR count). The normalized spacial score (nSPS) is 15.7. The molecule has 7 nitrogen and oxygen atoms in total. The maximum atomic E-state index is 12.7. The van der Waals surface area contributed by atoms with Crippen molar-refractivity contribution < 1.29 is 23.7 Å². The first kappa shape index (κ1) is 23.2. The smallest absolute Gasteiger partial charge is 0.338 e. The largest absolute Gasteiger partial charge is 0.493 e. The second-order valence-electron chi connectivity index (χ2n) is 6.91. The Kier molecular flexibility index (Phi) is 7.44. The van der Waals surface area contributed by atoms with E-state index in [-0.39, 0.29) is 29.4 Å². The number of carbonyl (C=O) groups is 1. The van der Waals surface area contributed by atoms with E-state index in [1.54, 1.807) is 32.0 Å². The molecule has 0 aliphatic carbocycles. The quantitative estimate of drug-likeness (QED) is 0.552. The topological polar surface area (TPSA) is 104 Å². The summed E-state index contributed by atoms with van der Waals surface area (Å²) in [4.78, 5) is 12.7. The lowest BCUT2D eigenvalue weighted by Gasteiger charge is -2.27. The number of nitrogens with zero attached hydrogens (tertiary/aromatic N) is 1. The van der Waals surface area contributed by atoms with Crippen LogP contribution in [0.15, 0.2) is 69.7 Å². The summed E-state index contributed by atoms with van der Waals surface area (Å²) in [5, 5.41) is 9.72. The Hall–Kier alpha value is -3.44. The fraction of sp³-hybridized carbons (Fsp3) is 0.250. The van der Waals surface area contributed by atoms with Crippen LogP contribution in [-0.4, -0.2) is 19.7 Å². The van der Waals surface area contributed by atoms with Crippen LogP contribution < -0.4 is 15.2 Å². The number of allylic oxidation sites excluding steroid dienone is 2. The minimum atomic E-state index is -0.751. The number of halogens is 1. The van der Waals surface area contributed by atoms with Crippen molar-refractivity contribution in [2.75, 3.05) is 13.7 Å². The van der Waals surface area contributed by atoms with Crippen molar-refractivity contribution in [3.8, 4) is 17.6 Å². The molecular weight excluding hydrogens is 476 g/mol. The molecular formula is C24H23BrN2O5. The van der Waals surface area contributed by atoms with Gasteiger partial charge in [-0.05, 0) is 37.6 Å². The molecule has 32 heavy (non-hydrogen) atoms. The lowest BCUT2D eigenvalue weighted by atomic mass is 9.83. The third-order valence-electron chi connectivity index (χ3n) is 4.96. The van der Waals surface area contributed by atoms with Crippen LogP contribution >= 0.6 is 15.9 Å². The number of ether oxygens (including phenoxy) is 4. The first-order valence-corrected chi connectivity index (χ1v) is 10.7. The highest BCUT2D eigenvalue weighted by Crippen LogP contribution is 2.42. The minimum absolute atomic E-state index is 0.0451. The number of benzene rings is 2. The SMILES string of the molecule is CCOC(=O)C1=C(C)OC(N)=C(C#N)C1c1ccc(OCc2ccccc2Br)c(OC)c1. The van der Waals surface area contributed by atoms with Gasteiger partial charge in [0.05, 0.1) is 25.2 Å². The predicted octanol–water partition coefficient (Wildman–Crippen LogP) is 4.68. The molecule has 8 heteroatoms. The van der Waals surface area contributed by atoms with Crippen LogP contribution in [0.2, 0.25) is 0 Å². The third-order valence-corrected chi connectivity index (χ3v) is 5.74. The van der Waals surface area contributed by atoms with Crippen LogP contribution in [0.25, 0.3) is 0 Å². The van der Waals surface area contributed by atoms with Gasteiger partial charge in [-0.1, -0.05) is 40.2 Å². The van der Waals surface area contributed by atoms with E-state index in [1.807, 2.05) is 24.3 Å². The van der Waals surface area contributed by atoms with E-state index in [1.165, 1.54) is 7.11 Å². The molecule has 0 fully saturated rings. The molecule has 1 atom stereocenters. The summed E-state index contributed by atoms with van der Waals surface area (Å²) < 4.78 is 23.1.